The number of benzene rings is 2. The van der Waals surface area contributed by atoms with Crippen molar-refractivity contribution in [3.63, 3.8) is 0 Å². The predicted molar refractivity (Wildman–Crippen MR) is 114 cm³/mol. The summed E-state index contributed by atoms with van der Waals surface area (Å²) in [6, 6.07) is 16.1. The van der Waals surface area contributed by atoms with Crippen molar-refractivity contribution in [3.8, 4) is 5.69 Å². The molecule has 0 aliphatic rings. The molecule has 0 radical (unpaired) electrons. The smallest absolute Gasteiger partial charge is 0.352 e. The monoisotopic (exact) mass is 434 g/mol. The molecule has 0 saturated heterocycles. The molecule has 0 aliphatic carbocycles. The van der Waals surface area contributed by atoms with E-state index in [1.807, 2.05) is 19.1 Å². The normalized spacial score (nSPS) is 10.8. The molecule has 0 unspecified atom stereocenters. The number of furan rings is 1. The molecular weight excluding hydrogens is 415 g/mol. The largest absolute Gasteiger partial charge is 0.467 e. The van der Waals surface area contributed by atoms with Crippen molar-refractivity contribution in [3.05, 3.63) is 116 Å². The Hall–Kier alpha value is -4.27. The van der Waals surface area contributed by atoms with Crippen LogP contribution in [-0.4, -0.2) is 20.3 Å². The van der Waals surface area contributed by atoms with Gasteiger partial charge in [0.25, 0.3) is 11.5 Å². The summed E-state index contributed by atoms with van der Waals surface area (Å²) >= 11 is 0. The van der Waals surface area contributed by atoms with Crippen molar-refractivity contribution in [2.24, 2.45) is 0 Å². The summed E-state index contributed by atoms with van der Waals surface area (Å²) in [5, 5.41) is 6.45. The van der Waals surface area contributed by atoms with Crippen LogP contribution in [0.3, 0.4) is 0 Å². The van der Waals surface area contributed by atoms with Crippen LogP contribution in [0, 0.1) is 12.7 Å². The van der Waals surface area contributed by atoms with Crippen molar-refractivity contribution in [1.82, 2.24) is 19.7 Å². The Morgan fingerprint density at radius 3 is 2.62 bits per heavy atom. The second-order valence-electron chi connectivity index (χ2n) is 7.14. The summed E-state index contributed by atoms with van der Waals surface area (Å²) in [6.07, 6.45) is 1.45. The molecule has 0 aliphatic heterocycles. The molecule has 1 N–H and O–H groups in total. The van der Waals surface area contributed by atoms with Gasteiger partial charge in [0.1, 0.15) is 17.3 Å². The third-order valence-electron chi connectivity index (χ3n) is 4.78. The van der Waals surface area contributed by atoms with Gasteiger partial charge in [-0.25, -0.2) is 9.18 Å². The summed E-state index contributed by atoms with van der Waals surface area (Å²) in [6.45, 7) is 1.79. The maximum Gasteiger partial charge on any atom is 0.352 e. The second-order valence-corrected chi connectivity index (χ2v) is 7.14. The molecule has 2 aromatic heterocycles. The van der Waals surface area contributed by atoms with E-state index in [-0.39, 0.29) is 18.8 Å². The van der Waals surface area contributed by atoms with Crippen LogP contribution < -0.4 is 16.6 Å². The Morgan fingerprint density at radius 1 is 1.09 bits per heavy atom. The topological polar surface area (TPSA) is 99.1 Å². The van der Waals surface area contributed by atoms with Gasteiger partial charge in [0, 0.05) is 0 Å². The van der Waals surface area contributed by atoms with E-state index in [0.29, 0.717) is 11.3 Å². The van der Waals surface area contributed by atoms with Gasteiger partial charge in [0.15, 0.2) is 0 Å². The molecule has 0 bridgehead atoms. The van der Waals surface area contributed by atoms with E-state index in [4.69, 9.17) is 4.42 Å². The molecule has 4 rings (SSSR count). The minimum absolute atomic E-state index is 0.0175. The van der Waals surface area contributed by atoms with E-state index >= 15 is 0 Å². The molecule has 2 heterocycles. The zero-order valence-corrected chi connectivity index (χ0v) is 17.1. The number of carbonyl (C=O) groups is 1. The number of halogens is 1. The summed E-state index contributed by atoms with van der Waals surface area (Å²) in [5.74, 6) is -1.06. The lowest BCUT2D eigenvalue weighted by molar-refractivity contribution is 0.0938. The number of nitrogens with zero attached hydrogens (tertiary/aromatic N) is 3. The number of hydrogen-bond donors (Lipinski definition) is 1. The molecule has 1 amide bonds. The minimum Gasteiger partial charge on any atom is -0.467 e. The molecule has 2 aromatic carbocycles. The van der Waals surface area contributed by atoms with Gasteiger partial charge in [0.2, 0.25) is 5.69 Å². The number of carbonyl (C=O) groups excluding carboxylic acids is 1. The SMILES string of the molecule is Cc1cccc(Cn2c(=O)c(C(=O)NCc3ccco3)nn(-c3ccccc3F)c2=O)c1. The van der Waals surface area contributed by atoms with Gasteiger partial charge in [-0.05, 0) is 36.8 Å². The van der Waals surface area contributed by atoms with Crippen molar-refractivity contribution in [2.75, 3.05) is 0 Å². The van der Waals surface area contributed by atoms with E-state index in [1.165, 1.54) is 24.5 Å². The highest BCUT2D eigenvalue weighted by atomic mass is 19.1. The number of rotatable bonds is 6. The van der Waals surface area contributed by atoms with Crippen LogP contribution in [0.4, 0.5) is 4.39 Å². The molecule has 9 heteroatoms. The van der Waals surface area contributed by atoms with E-state index < -0.39 is 28.7 Å². The average Bonchev–Trinajstić information content (AvgIpc) is 3.30. The van der Waals surface area contributed by atoms with Crippen LogP contribution in [0.2, 0.25) is 0 Å². The quantitative estimate of drug-likeness (QED) is 0.503. The molecule has 0 atom stereocenters. The van der Waals surface area contributed by atoms with Gasteiger partial charge in [-0.2, -0.15) is 9.78 Å². The predicted octanol–water partition coefficient (Wildman–Crippen LogP) is 2.41. The van der Waals surface area contributed by atoms with Gasteiger partial charge in [-0.1, -0.05) is 42.0 Å². The highest BCUT2D eigenvalue weighted by molar-refractivity contribution is 5.91. The van der Waals surface area contributed by atoms with E-state index in [9.17, 15) is 18.8 Å². The minimum atomic E-state index is -0.874. The second kappa shape index (κ2) is 8.84. The maximum atomic E-state index is 14.4. The number of hydrogen-bond acceptors (Lipinski definition) is 5. The van der Waals surface area contributed by atoms with E-state index in [0.717, 1.165) is 20.9 Å². The first-order valence-corrected chi connectivity index (χ1v) is 9.79. The Balaban J connectivity index is 1.82. The van der Waals surface area contributed by atoms with Crippen molar-refractivity contribution in [2.45, 2.75) is 20.0 Å². The fourth-order valence-electron chi connectivity index (χ4n) is 3.23. The standard InChI is InChI=1S/C23H19FN4O4/c1-15-6-4-7-16(12-15)14-27-22(30)20(21(29)25-13-17-8-5-11-32-17)26-28(23(27)31)19-10-3-2-9-18(19)24/h2-12H,13-14H2,1H3,(H,25,29). The van der Waals surface area contributed by atoms with Gasteiger partial charge in [-0.15, -0.1) is 0 Å². The van der Waals surface area contributed by atoms with Crippen molar-refractivity contribution >= 4 is 5.91 Å². The lowest BCUT2D eigenvalue weighted by atomic mass is 10.1. The van der Waals surface area contributed by atoms with Gasteiger partial charge in [-0.3, -0.25) is 14.2 Å². The van der Waals surface area contributed by atoms with Crippen molar-refractivity contribution in [1.29, 1.82) is 0 Å². The molecule has 8 nitrogen and oxygen atoms in total. The van der Waals surface area contributed by atoms with Gasteiger partial charge in [0.05, 0.1) is 19.4 Å². The maximum absolute atomic E-state index is 14.4. The van der Waals surface area contributed by atoms with Crippen LogP contribution in [0.15, 0.2) is 80.9 Å². The van der Waals surface area contributed by atoms with Crippen LogP contribution in [0.5, 0.6) is 0 Å². The number of nitrogens with one attached hydrogen (secondary N) is 1. The molecule has 4 aromatic rings. The first-order chi connectivity index (χ1) is 15.4. The van der Waals surface area contributed by atoms with Crippen LogP contribution in [0.1, 0.15) is 27.4 Å². The number of aryl methyl sites for hydroxylation is 1. The fourth-order valence-corrected chi connectivity index (χ4v) is 3.23. The third kappa shape index (κ3) is 4.27. The average molecular weight is 434 g/mol. The highest BCUT2D eigenvalue weighted by Gasteiger charge is 2.21. The molecule has 0 fully saturated rings. The lowest BCUT2D eigenvalue weighted by Crippen LogP contribution is -2.46. The van der Waals surface area contributed by atoms with Gasteiger partial charge < -0.3 is 9.73 Å². The zero-order chi connectivity index (χ0) is 22.7. The molecule has 32 heavy (non-hydrogen) atoms. The lowest BCUT2D eigenvalue weighted by Gasteiger charge is -2.13. The van der Waals surface area contributed by atoms with E-state index in [2.05, 4.69) is 10.4 Å². The first kappa shape index (κ1) is 21.0. The number of para-hydroxylation sites is 1. The zero-order valence-electron chi connectivity index (χ0n) is 17.1. The first-order valence-electron chi connectivity index (χ1n) is 9.79. The Bertz CT molecular complexity index is 1390. The Kier molecular flexibility index (Phi) is 5.80. The number of aromatic nitrogens is 3. The van der Waals surface area contributed by atoms with Crippen molar-refractivity contribution < 1.29 is 13.6 Å². The van der Waals surface area contributed by atoms with Gasteiger partial charge >= 0.3 is 5.69 Å². The summed E-state index contributed by atoms with van der Waals surface area (Å²) in [4.78, 5) is 38.9. The Morgan fingerprint density at radius 2 is 1.91 bits per heavy atom. The summed E-state index contributed by atoms with van der Waals surface area (Å²) < 4.78 is 21.2. The number of amides is 1. The highest BCUT2D eigenvalue weighted by Crippen LogP contribution is 2.10. The third-order valence-corrected chi connectivity index (χ3v) is 4.78. The molecule has 162 valence electrons. The Labute approximate surface area is 181 Å². The fraction of sp³-hybridized carbons (Fsp3) is 0.130. The van der Waals surface area contributed by atoms with Crippen LogP contribution in [0.25, 0.3) is 5.69 Å². The van der Waals surface area contributed by atoms with Crippen LogP contribution >= 0.6 is 0 Å². The summed E-state index contributed by atoms with van der Waals surface area (Å²) in [5.41, 5.74) is -0.819. The van der Waals surface area contributed by atoms with Crippen LogP contribution in [-0.2, 0) is 13.1 Å². The molecular formula is C23H19FN4O4. The molecule has 0 spiro atoms. The molecule has 0 saturated carbocycles. The van der Waals surface area contributed by atoms with E-state index in [1.54, 1.807) is 24.3 Å². The summed E-state index contributed by atoms with van der Waals surface area (Å²) in [7, 11) is 0.